The van der Waals surface area contributed by atoms with Crippen LogP contribution in [0.3, 0.4) is 0 Å². The van der Waals surface area contributed by atoms with Gasteiger partial charge in [0, 0.05) is 11.7 Å². The lowest BCUT2D eigenvalue weighted by Crippen LogP contribution is -2.18. The number of aliphatic hydroxyl groups is 1. The van der Waals surface area contributed by atoms with Gasteiger partial charge in [-0.25, -0.2) is 4.98 Å². The van der Waals surface area contributed by atoms with E-state index < -0.39 is 6.10 Å². The van der Waals surface area contributed by atoms with Crippen LogP contribution < -0.4 is 0 Å². The first-order valence-electron chi connectivity index (χ1n) is 9.66. The van der Waals surface area contributed by atoms with E-state index in [4.69, 9.17) is 4.42 Å². The Morgan fingerprint density at radius 1 is 1.19 bits per heavy atom. The van der Waals surface area contributed by atoms with Crippen LogP contribution in [0.4, 0.5) is 0 Å². The lowest BCUT2D eigenvalue weighted by molar-refractivity contribution is 0.179. The predicted octanol–water partition coefficient (Wildman–Crippen LogP) is 4.24. The highest BCUT2D eigenvalue weighted by molar-refractivity contribution is 7.99. The van der Waals surface area contributed by atoms with Crippen molar-refractivity contribution < 1.29 is 9.52 Å². The molecule has 0 radical (unpaired) electrons. The van der Waals surface area contributed by atoms with Crippen LogP contribution in [0.1, 0.15) is 55.0 Å². The normalized spacial score (nSPS) is 16.9. The van der Waals surface area contributed by atoms with Gasteiger partial charge in [-0.1, -0.05) is 31.0 Å². The van der Waals surface area contributed by atoms with E-state index in [9.17, 15) is 5.11 Å². The summed E-state index contributed by atoms with van der Waals surface area (Å²) in [6.45, 7) is 4.68. The molecule has 27 heavy (non-hydrogen) atoms. The summed E-state index contributed by atoms with van der Waals surface area (Å²) >= 11 is 1.42. The SMILES string of the molecule is Cc1cc2ncn(CC(O)CSc3nnc(C4CCCCC4)o3)c2cc1C. The van der Waals surface area contributed by atoms with Crippen LogP contribution >= 0.6 is 11.8 Å². The van der Waals surface area contributed by atoms with E-state index in [1.165, 1.54) is 42.2 Å². The Bertz CT molecular complexity index is 914. The molecule has 0 aliphatic heterocycles. The second-order valence-electron chi connectivity index (χ2n) is 7.53. The van der Waals surface area contributed by atoms with Crippen molar-refractivity contribution in [3.05, 3.63) is 35.5 Å². The molecule has 0 saturated heterocycles. The maximum absolute atomic E-state index is 10.5. The van der Waals surface area contributed by atoms with Crippen molar-refractivity contribution in [2.75, 3.05) is 5.75 Å². The van der Waals surface area contributed by atoms with Gasteiger partial charge in [0.2, 0.25) is 5.89 Å². The number of benzene rings is 1. The minimum atomic E-state index is -0.515. The third kappa shape index (κ3) is 4.19. The molecule has 1 aromatic carbocycles. The second-order valence-corrected chi connectivity index (χ2v) is 8.50. The van der Waals surface area contributed by atoms with E-state index in [0.29, 0.717) is 23.4 Å². The third-order valence-electron chi connectivity index (χ3n) is 5.42. The molecular weight excluding hydrogens is 360 g/mol. The lowest BCUT2D eigenvalue weighted by Gasteiger charge is -2.17. The molecule has 4 rings (SSSR count). The maximum atomic E-state index is 10.5. The highest BCUT2D eigenvalue weighted by Gasteiger charge is 2.21. The Morgan fingerprint density at radius 3 is 2.78 bits per heavy atom. The van der Waals surface area contributed by atoms with Crippen molar-refractivity contribution in [1.82, 2.24) is 19.7 Å². The molecule has 7 heteroatoms. The number of hydrogen-bond acceptors (Lipinski definition) is 6. The fourth-order valence-corrected chi connectivity index (χ4v) is 4.38. The molecule has 1 unspecified atom stereocenters. The largest absolute Gasteiger partial charge is 0.416 e. The molecule has 1 atom stereocenters. The van der Waals surface area contributed by atoms with Gasteiger partial charge in [-0.2, -0.15) is 0 Å². The molecular formula is C20H26N4O2S. The van der Waals surface area contributed by atoms with Crippen molar-refractivity contribution in [3.63, 3.8) is 0 Å². The molecule has 2 aromatic heterocycles. The molecule has 144 valence electrons. The second kappa shape index (κ2) is 8.02. The van der Waals surface area contributed by atoms with Crippen LogP contribution in [-0.4, -0.2) is 36.7 Å². The van der Waals surface area contributed by atoms with Crippen molar-refractivity contribution in [3.8, 4) is 0 Å². The van der Waals surface area contributed by atoms with E-state index in [1.54, 1.807) is 6.33 Å². The van der Waals surface area contributed by atoms with Crippen molar-refractivity contribution >= 4 is 22.8 Å². The van der Waals surface area contributed by atoms with Crippen LogP contribution in [0.25, 0.3) is 11.0 Å². The van der Waals surface area contributed by atoms with E-state index in [2.05, 4.69) is 41.2 Å². The van der Waals surface area contributed by atoms with Crippen LogP contribution in [0.15, 0.2) is 28.1 Å². The molecule has 1 aliphatic carbocycles. The Balaban J connectivity index is 1.35. The van der Waals surface area contributed by atoms with Gasteiger partial charge < -0.3 is 14.1 Å². The van der Waals surface area contributed by atoms with Gasteiger partial charge in [0.05, 0.1) is 30.0 Å². The summed E-state index contributed by atoms with van der Waals surface area (Å²) in [6.07, 6.45) is 7.35. The molecule has 1 fully saturated rings. The van der Waals surface area contributed by atoms with Crippen LogP contribution in [-0.2, 0) is 6.54 Å². The lowest BCUT2D eigenvalue weighted by atomic mass is 9.89. The average Bonchev–Trinajstić information content (AvgIpc) is 3.29. The predicted molar refractivity (Wildman–Crippen MR) is 106 cm³/mol. The van der Waals surface area contributed by atoms with Crippen molar-refractivity contribution in [2.45, 2.75) is 69.7 Å². The van der Waals surface area contributed by atoms with Gasteiger partial charge in [-0.15, -0.1) is 10.2 Å². The number of thioether (sulfide) groups is 1. The minimum Gasteiger partial charge on any atom is -0.416 e. The monoisotopic (exact) mass is 386 g/mol. The zero-order valence-corrected chi connectivity index (χ0v) is 16.7. The first kappa shape index (κ1) is 18.5. The van der Waals surface area contributed by atoms with Gasteiger partial charge in [0.1, 0.15) is 0 Å². The molecule has 1 N–H and O–H groups in total. The van der Waals surface area contributed by atoms with Gasteiger partial charge in [0.15, 0.2) is 0 Å². The summed E-state index contributed by atoms with van der Waals surface area (Å²) in [6, 6.07) is 4.22. The summed E-state index contributed by atoms with van der Waals surface area (Å²) in [5.41, 5.74) is 4.48. The van der Waals surface area contributed by atoms with Crippen molar-refractivity contribution in [2.24, 2.45) is 0 Å². The maximum Gasteiger partial charge on any atom is 0.276 e. The Labute approximate surface area is 163 Å². The fourth-order valence-electron chi connectivity index (χ4n) is 3.70. The average molecular weight is 387 g/mol. The number of nitrogens with zero attached hydrogens (tertiary/aromatic N) is 4. The molecule has 1 saturated carbocycles. The third-order valence-corrected chi connectivity index (χ3v) is 6.38. The number of aryl methyl sites for hydroxylation is 2. The van der Waals surface area contributed by atoms with E-state index in [-0.39, 0.29) is 0 Å². The van der Waals surface area contributed by atoms with Crippen LogP contribution in [0.5, 0.6) is 0 Å². The van der Waals surface area contributed by atoms with Crippen LogP contribution in [0.2, 0.25) is 0 Å². The fraction of sp³-hybridized carbons (Fsp3) is 0.550. The quantitative estimate of drug-likeness (QED) is 0.639. The summed E-state index contributed by atoms with van der Waals surface area (Å²) in [4.78, 5) is 4.45. The Hall–Kier alpha value is -1.86. The van der Waals surface area contributed by atoms with Gasteiger partial charge in [-0.05, 0) is 49.9 Å². The van der Waals surface area contributed by atoms with E-state index in [1.807, 2.05) is 4.57 Å². The first-order valence-corrected chi connectivity index (χ1v) is 10.6. The first-order chi connectivity index (χ1) is 13.1. The highest BCUT2D eigenvalue weighted by atomic mass is 32.2. The number of fused-ring (bicyclic) bond motifs is 1. The number of imidazole rings is 1. The van der Waals surface area contributed by atoms with Crippen molar-refractivity contribution in [1.29, 1.82) is 0 Å². The van der Waals surface area contributed by atoms with Gasteiger partial charge >= 0.3 is 0 Å². The smallest absolute Gasteiger partial charge is 0.276 e. The van der Waals surface area contributed by atoms with Gasteiger partial charge in [-0.3, -0.25) is 0 Å². The Kier molecular flexibility index (Phi) is 5.50. The molecule has 1 aliphatic rings. The van der Waals surface area contributed by atoms with Crippen LogP contribution in [0, 0.1) is 13.8 Å². The number of rotatable bonds is 6. The number of aliphatic hydroxyl groups excluding tert-OH is 1. The molecule has 0 bridgehead atoms. The summed E-state index contributed by atoms with van der Waals surface area (Å²) < 4.78 is 7.83. The van der Waals surface area contributed by atoms with Gasteiger partial charge in [0.25, 0.3) is 5.22 Å². The highest BCUT2D eigenvalue weighted by Crippen LogP contribution is 2.33. The summed E-state index contributed by atoms with van der Waals surface area (Å²) in [7, 11) is 0. The summed E-state index contributed by atoms with van der Waals surface area (Å²) in [5, 5.41) is 19.4. The minimum absolute atomic E-state index is 0.412. The molecule has 0 amide bonds. The number of hydrogen-bond donors (Lipinski definition) is 1. The topological polar surface area (TPSA) is 77.0 Å². The summed E-state index contributed by atoms with van der Waals surface area (Å²) in [5.74, 6) is 1.68. The Morgan fingerprint density at radius 2 is 1.96 bits per heavy atom. The standard InChI is InChI=1S/C20H26N4O2S/c1-13-8-17-18(9-14(13)2)24(12-21-17)10-16(25)11-27-20-23-22-19(26-20)15-6-4-3-5-7-15/h8-9,12,15-16,25H,3-7,10-11H2,1-2H3. The van der Waals surface area contributed by atoms with E-state index >= 15 is 0 Å². The number of aromatic nitrogens is 4. The zero-order valence-electron chi connectivity index (χ0n) is 15.9. The zero-order chi connectivity index (χ0) is 18.8. The van der Waals surface area contributed by atoms with E-state index in [0.717, 1.165) is 29.8 Å². The molecule has 6 nitrogen and oxygen atoms in total. The molecule has 0 spiro atoms. The molecule has 2 heterocycles. The molecule has 3 aromatic rings.